The van der Waals surface area contributed by atoms with E-state index in [-0.39, 0.29) is 0 Å². The van der Waals surface area contributed by atoms with Crippen LogP contribution < -0.4 is 5.32 Å². The van der Waals surface area contributed by atoms with Crippen molar-refractivity contribution < 1.29 is 4.39 Å². The molecule has 2 aromatic rings. The van der Waals surface area contributed by atoms with Crippen LogP contribution in [0.2, 0.25) is 0 Å². The molecule has 2 rings (SSSR count). The number of aromatic nitrogens is 4. The minimum absolute atomic E-state index is 0.295. The van der Waals surface area contributed by atoms with Crippen LogP contribution in [0.1, 0.15) is 12.6 Å². The van der Waals surface area contributed by atoms with Gasteiger partial charge in [0.25, 0.3) is 0 Å². The Morgan fingerprint density at radius 3 is 2.89 bits per heavy atom. The van der Waals surface area contributed by atoms with Crippen molar-refractivity contribution in [2.45, 2.75) is 23.9 Å². The van der Waals surface area contributed by atoms with Crippen LogP contribution in [0.3, 0.4) is 0 Å². The molecule has 96 valence electrons. The fourth-order valence-electron chi connectivity index (χ4n) is 1.45. The second-order valence-corrected chi connectivity index (χ2v) is 4.74. The van der Waals surface area contributed by atoms with E-state index in [9.17, 15) is 4.39 Å². The first-order chi connectivity index (χ1) is 8.60. The van der Waals surface area contributed by atoms with Crippen LogP contribution in [0.15, 0.2) is 22.3 Å². The molecule has 0 saturated heterocycles. The van der Waals surface area contributed by atoms with Gasteiger partial charge in [0.05, 0.1) is 11.9 Å². The maximum Gasteiger partial charge on any atom is 0.223 e. The van der Waals surface area contributed by atoms with E-state index < -0.39 is 5.82 Å². The van der Waals surface area contributed by atoms with Crippen LogP contribution in [0.4, 0.5) is 10.3 Å². The predicted octanol–water partition coefficient (Wildman–Crippen LogP) is 2.24. The summed E-state index contributed by atoms with van der Waals surface area (Å²) >= 11 is 1.24. The fraction of sp³-hybridized carbons (Fsp3) is 0.364. The van der Waals surface area contributed by atoms with E-state index in [2.05, 4.69) is 20.4 Å². The SMILES string of the molecule is CCNc1ncc(F)c(Sc2cc(C)nn2C)n1. The summed E-state index contributed by atoms with van der Waals surface area (Å²) in [5, 5.41) is 8.30. The maximum absolute atomic E-state index is 13.6. The van der Waals surface area contributed by atoms with Gasteiger partial charge >= 0.3 is 0 Å². The van der Waals surface area contributed by atoms with Crippen molar-refractivity contribution >= 4 is 17.7 Å². The number of anilines is 1. The summed E-state index contributed by atoms with van der Waals surface area (Å²) in [6.07, 6.45) is 1.18. The quantitative estimate of drug-likeness (QED) is 0.861. The van der Waals surface area contributed by atoms with Crippen molar-refractivity contribution in [2.75, 3.05) is 11.9 Å². The van der Waals surface area contributed by atoms with E-state index in [4.69, 9.17) is 0 Å². The molecule has 0 aliphatic carbocycles. The molecule has 0 aromatic carbocycles. The molecule has 0 spiro atoms. The smallest absolute Gasteiger partial charge is 0.223 e. The number of nitrogens with zero attached hydrogens (tertiary/aromatic N) is 4. The van der Waals surface area contributed by atoms with Gasteiger partial charge in [-0.3, -0.25) is 4.68 Å². The first-order valence-corrected chi connectivity index (χ1v) is 6.36. The number of halogens is 1. The van der Waals surface area contributed by atoms with Gasteiger partial charge in [0, 0.05) is 13.6 Å². The first-order valence-electron chi connectivity index (χ1n) is 5.55. The summed E-state index contributed by atoms with van der Waals surface area (Å²) in [5.41, 5.74) is 0.890. The van der Waals surface area contributed by atoms with Gasteiger partial charge in [-0.1, -0.05) is 0 Å². The number of hydrogen-bond acceptors (Lipinski definition) is 5. The Hall–Kier alpha value is -1.63. The van der Waals surface area contributed by atoms with Gasteiger partial charge in [-0.2, -0.15) is 5.10 Å². The van der Waals surface area contributed by atoms with Gasteiger partial charge in [0.2, 0.25) is 5.95 Å². The Bertz CT molecular complexity index is 554. The molecule has 1 N–H and O–H groups in total. The van der Waals surface area contributed by atoms with Crippen LogP contribution in [-0.4, -0.2) is 26.3 Å². The van der Waals surface area contributed by atoms with Crippen LogP contribution in [0.25, 0.3) is 0 Å². The molecule has 0 aliphatic rings. The first kappa shape index (κ1) is 12.8. The molecular weight excluding hydrogens is 253 g/mol. The highest BCUT2D eigenvalue weighted by Crippen LogP contribution is 2.28. The highest BCUT2D eigenvalue weighted by atomic mass is 32.2. The zero-order valence-electron chi connectivity index (χ0n) is 10.4. The molecule has 2 heterocycles. The molecule has 0 unspecified atom stereocenters. The second kappa shape index (κ2) is 5.34. The fourth-order valence-corrected chi connectivity index (χ4v) is 2.33. The molecule has 0 saturated carbocycles. The lowest BCUT2D eigenvalue weighted by Crippen LogP contribution is -2.04. The molecule has 0 bridgehead atoms. The summed E-state index contributed by atoms with van der Waals surface area (Å²) in [4.78, 5) is 8.00. The summed E-state index contributed by atoms with van der Waals surface area (Å²) in [7, 11) is 1.82. The lowest BCUT2D eigenvalue weighted by molar-refractivity contribution is 0.579. The molecular formula is C11H14FN5S. The van der Waals surface area contributed by atoms with E-state index in [0.717, 1.165) is 10.7 Å². The van der Waals surface area contributed by atoms with E-state index >= 15 is 0 Å². The Labute approximate surface area is 109 Å². The van der Waals surface area contributed by atoms with Crippen LogP contribution in [0, 0.1) is 12.7 Å². The van der Waals surface area contributed by atoms with Gasteiger partial charge < -0.3 is 5.32 Å². The Morgan fingerprint density at radius 1 is 1.50 bits per heavy atom. The van der Waals surface area contributed by atoms with Gasteiger partial charge in [0.15, 0.2) is 5.82 Å². The third kappa shape index (κ3) is 2.79. The number of hydrogen-bond donors (Lipinski definition) is 1. The molecule has 5 nitrogen and oxygen atoms in total. The average molecular weight is 267 g/mol. The monoisotopic (exact) mass is 267 g/mol. The number of nitrogens with one attached hydrogen (secondary N) is 1. The highest BCUT2D eigenvalue weighted by molar-refractivity contribution is 7.99. The average Bonchev–Trinajstić information content (AvgIpc) is 2.62. The van der Waals surface area contributed by atoms with Crippen molar-refractivity contribution in [1.29, 1.82) is 0 Å². The third-order valence-electron chi connectivity index (χ3n) is 2.21. The van der Waals surface area contributed by atoms with Crippen LogP contribution in [0.5, 0.6) is 0 Å². The van der Waals surface area contributed by atoms with Crippen LogP contribution >= 0.6 is 11.8 Å². The van der Waals surface area contributed by atoms with E-state index in [0.29, 0.717) is 17.5 Å². The summed E-state index contributed by atoms with van der Waals surface area (Å²) in [6, 6.07) is 1.89. The molecule has 7 heteroatoms. The van der Waals surface area contributed by atoms with Gasteiger partial charge in [-0.05, 0) is 31.7 Å². The summed E-state index contributed by atoms with van der Waals surface area (Å²) < 4.78 is 15.3. The lowest BCUT2D eigenvalue weighted by Gasteiger charge is -2.05. The Morgan fingerprint density at radius 2 is 2.28 bits per heavy atom. The van der Waals surface area contributed by atoms with Crippen LogP contribution in [-0.2, 0) is 7.05 Å². The highest BCUT2D eigenvalue weighted by Gasteiger charge is 2.11. The predicted molar refractivity (Wildman–Crippen MR) is 68.2 cm³/mol. The Kier molecular flexibility index (Phi) is 3.81. The van der Waals surface area contributed by atoms with Crippen molar-refractivity contribution in [3.8, 4) is 0 Å². The number of aryl methyl sites for hydroxylation is 2. The molecule has 0 amide bonds. The minimum atomic E-state index is -0.430. The standard InChI is InChI=1S/C11H14FN5S/c1-4-13-11-14-6-8(12)10(15-11)18-9-5-7(2)16-17(9)3/h5-6H,4H2,1-3H3,(H,13,14,15). The second-order valence-electron chi connectivity index (χ2n) is 3.73. The van der Waals surface area contributed by atoms with E-state index in [1.165, 1.54) is 18.0 Å². The molecule has 2 aromatic heterocycles. The van der Waals surface area contributed by atoms with Crippen molar-refractivity contribution in [3.05, 3.63) is 23.8 Å². The molecule has 0 radical (unpaired) electrons. The zero-order valence-corrected chi connectivity index (χ0v) is 11.3. The van der Waals surface area contributed by atoms with E-state index in [1.807, 2.05) is 27.0 Å². The van der Waals surface area contributed by atoms with E-state index in [1.54, 1.807) is 4.68 Å². The van der Waals surface area contributed by atoms with Gasteiger partial charge in [-0.25, -0.2) is 14.4 Å². The molecule has 0 fully saturated rings. The molecule has 18 heavy (non-hydrogen) atoms. The van der Waals surface area contributed by atoms with Crippen molar-refractivity contribution in [3.63, 3.8) is 0 Å². The van der Waals surface area contributed by atoms with Crippen molar-refractivity contribution in [2.24, 2.45) is 7.05 Å². The summed E-state index contributed by atoms with van der Waals surface area (Å²) in [5.74, 6) is 0.000737. The normalized spacial score (nSPS) is 10.7. The zero-order chi connectivity index (χ0) is 13.1. The topological polar surface area (TPSA) is 55.6 Å². The molecule has 0 atom stereocenters. The largest absolute Gasteiger partial charge is 0.354 e. The number of rotatable bonds is 4. The summed E-state index contributed by atoms with van der Waals surface area (Å²) in [6.45, 7) is 4.52. The Balaban J connectivity index is 2.27. The third-order valence-corrected chi connectivity index (χ3v) is 3.28. The van der Waals surface area contributed by atoms with Gasteiger partial charge in [-0.15, -0.1) is 0 Å². The lowest BCUT2D eigenvalue weighted by atomic mass is 10.5. The van der Waals surface area contributed by atoms with Crippen molar-refractivity contribution in [1.82, 2.24) is 19.7 Å². The molecule has 0 aliphatic heterocycles. The minimum Gasteiger partial charge on any atom is -0.354 e. The maximum atomic E-state index is 13.6. The van der Waals surface area contributed by atoms with Gasteiger partial charge in [0.1, 0.15) is 10.1 Å².